The molecule has 3 aromatic rings. The van der Waals surface area contributed by atoms with E-state index in [1.807, 2.05) is 12.1 Å². The van der Waals surface area contributed by atoms with Crippen molar-refractivity contribution in [2.45, 2.75) is 32.0 Å². The normalized spacial score (nSPS) is 17.5. The lowest BCUT2D eigenvalue weighted by atomic mass is 10.0. The van der Waals surface area contributed by atoms with Crippen molar-refractivity contribution >= 4 is 23.3 Å². The van der Waals surface area contributed by atoms with E-state index in [1.165, 1.54) is 24.3 Å². The molecule has 0 aliphatic carbocycles. The third kappa shape index (κ3) is 6.67. The number of nitrogens with one attached hydrogen (secondary N) is 1. The van der Waals surface area contributed by atoms with Gasteiger partial charge < -0.3 is 10.2 Å². The molecule has 0 spiro atoms. The van der Waals surface area contributed by atoms with E-state index in [4.69, 9.17) is 11.6 Å². The second-order valence-corrected chi connectivity index (χ2v) is 10.4. The van der Waals surface area contributed by atoms with Crippen LogP contribution in [-0.4, -0.2) is 66.0 Å². The van der Waals surface area contributed by atoms with Gasteiger partial charge in [-0.25, -0.2) is 13.8 Å². The number of pyridine rings is 1. The van der Waals surface area contributed by atoms with E-state index in [0.717, 1.165) is 64.2 Å². The molecular formula is C29H32ClF2N5O. The number of anilines is 1. The SMILES string of the molecule is O=C(NCc1cccc(F)c1)c1cnc(N2CCN(C3CCN(Cc4ccc(F)cc4)CC3)CC2)c(Cl)c1. The van der Waals surface area contributed by atoms with Crippen molar-refractivity contribution in [3.63, 3.8) is 0 Å². The molecule has 2 aliphatic heterocycles. The number of halogens is 3. The molecule has 0 unspecified atom stereocenters. The summed E-state index contributed by atoms with van der Waals surface area (Å²) in [6.45, 7) is 6.71. The first-order chi connectivity index (χ1) is 18.4. The van der Waals surface area contributed by atoms with Gasteiger partial charge >= 0.3 is 0 Å². The second kappa shape index (κ2) is 12.2. The minimum atomic E-state index is -0.335. The molecule has 2 saturated heterocycles. The Bertz CT molecular complexity index is 1240. The fourth-order valence-corrected chi connectivity index (χ4v) is 5.59. The highest BCUT2D eigenvalue weighted by atomic mass is 35.5. The van der Waals surface area contributed by atoms with Crippen molar-refractivity contribution in [2.75, 3.05) is 44.2 Å². The molecule has 38 heavy (non-hydrogen) atoms. The molecule has 2 aliphatic rings. The predicted octanol–water partition coefficient (Wildman–Crippen LogP) is 4.73. The molecule has 0 atom stereocenters. The number of hydrogen-bond acceptors (Lipinski definition) is 5. The Morgan fingerprint density at radius 2 is 1.66 bits per heavy atom. The van der Waals surface area contributed by atoms with Gasteiger partial charge in [-0.05, 0) is 67.4 Å². The minimum absolute atomic E-state index is 0.192. The van der Waals surface area contributed by atoms with E-state index in [1.54, 1.807) is 24.4 Å². The molecule has 0 bridgehead atoms. The molecule has 0 saturated carbocycles. The molecule has 3 heterocycles. The lowest BCUT2D eigenvalue weighted by Crippen LogP contribution is -2.53. The van der Waals surface area contributed by atoms with E-state index >= 15 is 0 Å². The van der Waals surface area contributed by atoms with Gasteiger partial charge in [-0.2, -0.15) is 0 Å². The molecule has 5 rings (SSSR count). The highest BCUT2D eigenvalue weighted by molar-refractivity contribution is 6.33. The van der Waals surface area contributed by atoms with Crippen molar-refractivity contribution in [1.29, 1.82) is 0 Å². The van der Waals surface area contributed by atoms with Crippen LogP contribution in [0.15, 0.2) is 60.8 Å². The molecule has 2 aromatic carbocycles. The van der Waals surface area contributed by atoms with Crippen LogP contribution in [0.1, 0.15) is 34.3 Å². The fraction of sp³-hybridized carbons (Fsp3) is 0.379. The summed E-state index contributed by atoms with van der Waals surface area (Å²) in [6, 6.07) is 15.1. The van der Waals surface area contributed by atoms with Crippen molar-refractivity contribution in [2.24, 2.45) is 0 Å². The summed E-state index contributed by atoms with van der Waals surface area (Å²) in [4.78, 5) is 24.3. The van der Waals surface area contributed by atoms with Gasteiger partial charge in [-0.1, -0.05) is 35.9 Å². The van der Waals surface area contributed by atoms with Crippen LogP contribution in [0.2, 0.25) is 5.02 Å². The van der Waals surface area contributed by atoms with Gasteiger partial charge in [0.2, 0.25) is 0 Å². The highest BCUT2D eigenvalue weighted by Gasteiger charge is 2.28. The summed E-state index contributed by atoms with van der Waals surface area (Å²) in [5.41, 5.74) is 2.21. The Kier molecular flexibility index (Phi) is 8.51. The predicted molar refractivity (Wildman–Crippen MR) is 145 cm³/mol. The van der Waals surface area contributed by atoms with Gasteiger partial charge in [0, 0.05) is 51.5 Å². The number of piperazine rings is 1. The first kappa shape index (κ1) is 26.5. The van der Waals surface area contributed by atoms with Gasteiger partial charge in [0.05, 0.1) is 10.6 Å². The Morgan fingerprint density at radius 3 is 2.34 bits per heavy atom. The number of aromatic nitrogens is 1. The maximum atomic E-state index is 13.4. The molecule has 1 amide bonds. The number of carbonyl (C=O) groups is 1. The smallest absolute Gasteiger partial charge is 0.253 e. The van der Waals surface area contributed by atoms with Gasteiger partial charge in [0.1, 0.15) is 17.5 Å². The number of carbonyl (C=O) groups excluding carboxylic acids is 1. The van der Waals surface area contributed by atoms with Gasteiger partial charge in [-0.15, -0.1) is 0 Å². The quantitative estimate of drug-likeness (QED) is 0.470. The average Bonchev–Trinajstić information content (AvgIpc) is 2.93. The summed E-state index contributed by atoms with van der Waals surface area (Å²) in [5, 5.41) is 3.24. The van der Waals surface area contributed by atoms with Crippen molar-refractivity contribution in [3.8, 4) is 0 Å². The number of nitrogens with zero attached hydrogens (tertiary/aromatic N) is 4. The fourth-order valence-electron chi connectivity index (χ4n) is 5.31. The number of likely N-dealkylation sites (tertiary alicyclic amines) is 1. The molecule has 1 aromatic heterocycles. The maximum Gasteiger partial charge on any atom is 0.253 e. The number of rotatable bonds is 7. The number of benzene rings is 2. The summed E-state index contributed by atoms with van der Waals surface area (Å²) >= 11 is 6.55. The minimum Gasteiger partial charge on any atom is -0.353 e. The van der Waals surface area contributed by atoms with E-state index in [-0.39, 0.29) is 24.1 Å². The van der Waals surface area contributed by atoms with Gasteiger partial charge in [0.25, 0.3) is 5.91 Å². The van der Waals surface area contributed by atoms with Gasteiger partial charge in [-0.3, -0.25) is 14.6 Å². The molecule has 1 N–H and O–H groups in total. The van der Waals surface area contributed by atoms with Crippen LogP contribution >= 0.6 is 11.6 Å². The van der Waals surface area contributed by atoms with E-state index < -0.39 is 0 Å². The van der Waals surface area contributed by atoms with E-state index in [0.29, 0.717) is 28.0 Å². The zero-order valence-corrected chi connectivity index (χ0v) is 22.0. The third-order valence-electron chi connectivity index (χ3n) is 7.43. The molecule has 6 nitrogen and oxygen atoms in total. The topological polar surface area (TPSA) is 51.7 Å². The summed E-state index contributed by atoms with van der Waals surface area (Å²) < 4.78 is 26.5. The van der Waals surface area contributed by atoms with Crippen LogP contribution in [-0.2, 0) is 13.1 Å². The number of piperidine rings is 1. The van der Waals surface area contributed by atoms with Crippen LogP contribution in [0.3, 0.4) is 0 Å². The van der Waals surface area contributed by atoms with Crippen LogP contribution < -0.4 is 10.2 Å². The Hall–Kier alpha value is -3.07. The van der Waals surface area contributed by atoms with Gasteiger partial charge in [0.15, 0.2) is 0 Å². The lowest BCUT2D eigenvalue weighted by Gasteiger charge is -2.43. The van der Waals surface area contributed by atoms with Crippen molar-refractivity contribution in [3.05, 3.63) is 94.1 Å². The van der Waals surface area contributed by atoms with Crippen LogP contribution in [0.25, 0.3) is 0 Å². The second-order valence-electron chi connectivity index (χ2n) is 10.00. The summed E-state index contributed by atoms with van der Waals surface area (Å²) in [6.07, 6.45) is 3.80. The third-order valence-corrected chi connectivity index (χ3v) is 7.71. The van der Waals surface area contributed by atoms with Crippen molar-refractivity contribution in [1.82, 2.24) is 20.1 Å². The highest BCUT2D eigenvalue weighted by Crippen LogP contribution is 2.27. The molecule has 0 radical (unpaired) electrons. The first-order valence-corrected chi connectivity index (χ1v) is 13.5. The molecule has 2 fully saturated rings. The first-order valence-electron chi connectivity index (χ1n) is 13.1. The molecular weight excluding hydrogens is 508 g/mol. The zero-order valence-electron chi connectivity index (χ0n) is 21.3. The zero-order chi connectivity index (χ0) is 26.5. The summed E-state index contributed by atoms with van der Waals surface area (Å²) in [5.74, 6) is -0.131. The van der Waals surface area contributed by atoms with Crippen LogP contribution in [0.5, 0.6) is 0 Å². The number of amides is 1. The summed E-state index contributed by atoms with van der Waals surface area (Å²) in [7, 11) is 0. The van der Waals surface area contributed by atoms with Crippen molar-refractivity contribution < 1.29 is 13.6 Å². The van der Waals surface area contributed by atoms with Crippen LogP contribution in [0, 0.1) is 11.6 Å². The monoisotopic (exact) mass is 539 g/mol. The molecule has 200 valence electrons. The number of hydrogen-bond donors (Lipinski definition) is 1. The largest absolute Gasteiger partial charge is 0.353 e. The van der Waals surface area contributed by atoms with E-state index in [9.17, 15) is 13.6 Å². The molecule has 9 heteroatoms. The standard InChI is InChI=1S/C29H32ClF2N5O/c30-27-17-23(29(38)34-18-22-2-1-3-25(32)16-22)19-33-28(27)37-14-12-36(13-15-37)26-8-10-35(11-9-26)20-21-4-6-24(31)7-5-21/h1-7,16-17,19,26H,8-15,18,20H2,(H,34,38). The Labute approximate surface area is 227 Å². The lowest BCUT2D eigenvalue weighted by molar-refractivity contribution is 0.0950. The Morgan fingerprint density at radius 1 is 0.921 bits per heavy atom. The van der Waals surface area contributed by atoms with Crippen LogP contribution in [0.4, 0.5) is 14.6 Å². The maximum absolute atomic E-state index is 13.4. The Balaban J connectivity index is 1.08. The van der Waals surface area contributed by atoms with E-state index in [2.05, 4.69) is 25.0 Å². The average molecular weight is 540 g/mol.